The molecule has 0 aromatic heterocycles. The fourth-order valence-electron chi connectivity index (χ4n) is 2.36. The maximum Gasteiger partial charge on any atom is 0.0264 e. The van der Waals surface area contributed by atoms with Gasteiger partial charge in [-0.15, -0.1) is 0 Å². The van der Waals surface area contributed by atoms with Gasteiger partial charge in [0.15, 0.2) is 0 Å². The van der Waals surface area contributed by atoms with E-state index >= 15 is 0 Å². The molecule has 0 saturated carbocycles. The van der Waals surface area contributed by atoms with Crippen LogP contribution >= 0.6 is 0 Å². The van der Waals surface area contributed by atoms with E-state index in [2.05, 4.69) is 43.2 Å². The Bertz CT molecular complexity index is 333. The summed E-state index contributed by atoms with van der Waals surface area (Å²) in [4.78, 5) is 2.48. The van der Waals surface area contributed by atoms with Crippen molar-refractivity contribution in [3.63, 3.8) is 0 Å². The second kappa shape index (κ2) is 4.67. The van der Waals surface area contributed by atoms with E-state index in [9.17, 15) is 4.21 Å². The molecule has 0 aromatic carbocycles. The van der Waals surface area contributed by atoms with Gasteiger partial charge in [0.1, 0.15) is 0 Å². The first-order valence-electron chi connectivity index (χ1n) is 5.95. The van der Waals surface area contributed by atoms with Gasteiger partial charge in [-0.3, -0.25) is 4.21 Å². The van der Waals surface area contributed by atoms with E-state index in [-0.39, 0.29) is 5.41 Å². The zero-order valence-electron chi connectivity index (χ0n) is 11.2. The first-order valence-corrected chi connectivity index (χ1v) is 8.09. The largest absolute Gasteiger partial charge is 0.300 e. The SMILES string of the molecule is C=S(C)(=O)NC1CCN(C(C)C)CC1(C)C. The van der Waals surface area contributed by atoms with Crippen LogP contribution in [0.5, 0.6) is 0 Å². The molecule has 1 rings (SSSR count). The van der Waals surface area contributed by atoms with Gasteiger partial charge in [-0.25, -0.2) is 4.72 Å². The van der Waals surface area contributed by atoms with E-state index in [1.54, 1.807) is 6.26 Å². The summed E-state index contributed by atoms with van der Waals surface area (Å²) in [7, 11) is -2.10. The molecule has 1 aliphatic heterocycles. The number of rotatable bonds is 3. The van der Waals surface area contributed by atoms with Crippen molar-refractivity contribution in [2.75, 3.05) is 19.3 Å². The molecule has 1 heterocycles. The maximum atomic E-state index is 11.7. The van der Waals surface area contributed by atoms with E-state index < -0.39 is 9.71 Å². The molecular formula is C12H26N2OS. The van der Waals surface area contributed by atoms with Crippen molar-refractivity contribution in [1.82, 2.24) is 9.62 Å². The first kappa shape index (κ1) is 14.0. The normalized spacial score (nSPS) is 30.2. The smallest absolute Gasteiger partial charge is 0.0264 e. The Balaban J connectivity index is 2.71. The third-order valence-corrected chi connectivity index (χ3v) is 4.16. The van der Waals surface area contributed by atoms with Gasteiger partial charge in [0.25, 0.3) is 0 Å². The zero-order chi connectivity index (χ0) is 12.6. The summed E-state index contributed by atoms with van der Waals surface area (Å²) in [6.07, 6.45) is 2.73. The number of nitrogens with zero attached hydrogens (tertiary/aromatic N) is 1. The van der Waals surface area contributed by atoms with Gasteiger partial charge in [-0.2, -0.15) is 0 Å². The molecule has 96 valence electrons. The second-order valence-corrected chi connectivity index (χ2v) is 8.26. The first-order chi connectivity index (χ1) is 7.12. The van der Waals surface area contributed by atoms with Gasteiger partial charge in [-0.1, -0.05) is 13.8 Å². The minimum atomic E-state index is -2.10. The molecule has 2 atom stereocenters. The van der Waals surface area contributed by atoms with Gasteiger partial charge in [0.05, 0.1) is 0 Å². The Morgan fingerprint density at radius 2 is 2.06 bits per heavy atom. The van der Waals surface area contributed by atoms with E-state index in [4.69, 9.17) is 0 Å². The quantitative estimate of drug-likeness (QED) is 0.762. The van der Waals surface area contributed by atoms with Crippen LogP contribution in [0.2, 0.25) is 0 Å². The third-order valence-electron chi connectivity index (χ3n) is 3.38. The van der Waals surface area contributed by atoms with E-state index in [1.807, 2.05) is 0 Å². The van der Waals surface area contributed by atoms with Crippen LogP contribution in [-0.2, 0) is 9.71 Å². The van der Waals surface area contributed by atoms with Crippen molar-refractivity contribution in [2.24, 2.45) is 5.41 Å². The van der Waals surface area contributed by atoms with E-state index in [1.165, 1.54) is 0 Å². The molecule has 16 heavy (non-hydrogen) atoms. The topological polar surface area (TPSA) is 32.3 Å². The molecule has 0 aliphatic carbocycles. The maximum absolute atomic E-state index is 11.7. The standard InChI is InChI=1S/C12H26N2OS/c1-10(2)14-8-7-11(12(3,4)9-14)13-16(5,6)15/h10-11H,5,7-9H2,1-4,6H3,(H,13,15). The lowest BCUT2D eigenvalue weighted by atomic mass is 9.79. The Hall–Kier alpha value is -0.0600. The van der Waals surface area contributed by atoms with E-state index in [0.29, 0.717) is 12.1 Å². The molecule has 0 amide bonds. The predicted octanol–water partition coefficient (Wildman–Crippen LogP) is 1.35. The number of nitrogens with one attached hydrogen (secondary N) is 1. The lowest BCUT2D eigenvalue weighted by Crippen LogP contribution is -2.56. The summed E-state index contributed by atoms with van der Waals surface area (Å²) >= 11 is 0. The molecule has 3 nitrogen and oxygen atoms in total. The second-order valence-electron chi connectivity index (χ2n) is 6.02. The molecule has 1 aliphatic rings. The van der Waals surface area contributed by atoms with E-state index in [0.717, 1.165) is 19.5 Å². The molecule has 0 spiro atoms. The van der Waals surface area contributed by atoms with Crippen molar-refractivity contribution in [3.05, 3.63) is 0 Å². The minimum Gasteiger partial charge on any atom is -0.300 e. The van der Waals surface area contributed by atoms with Gasteiger partial charge >= 0.3 is 0 Å². The van der Waals surface area contributed by atoms with Crippen LogP contribution in [-0.4, -0.2) is 46.4 Å². The Labute approximate surface area is 101 Å². The van der Waals surface area contributed by atoms with Crippen LogP contribution in [0.25, 0.3) is 0 Å². The van der Waals surface area contributed by atoms with Crippen LogP contribution in [0, 0.1) is 5.41 Å². The van der Waals surface area contributed by atoms with Crippen molar-refractivity contribution >= 4 is 15.6 Å². The molecule has 1 saturated heterocycles. The Kier molecular flexibility index (Phi) is 4.08. The fourth-order valence-corrected chi connectivity index (χ4v) is 3.40. The van der Waals surface area contributed by atoms with Crippen LogP contribution in [0.1, 0.15) is 34.1 Å². The molecule has 1 fully saturated rings. The van der Waals surface area contributed by atoms with Gasteiger partial charge < -0.3 is 4.90 Å². The van der Waals surface area contributed by atoms with Crippen LogP contribution < -0.4 is 4.72 Å². The fraction of sp³-hybridized carbons (Fsp3) is 0.917. The van der Waals surface area contributed by atoms with Crippen LogP contribution in [0.4, 0.5) is 0 Å². The summed E-state index contributed by atoms with van der Waals surface area (Å²) < 4.78 is 14.9. The summed E-state index contributed by atoms with van der Waals surface area (Å²) in [5, 5.41) is 0. The van der Waals surface area contributed by atoms with Crippen molar-refractivity contribution in [1.29, 1.82) is 0 Å². The summed E-state index contributed by atoms with van der Waals surface area (Å²) in [5.74, 6) is 3.69. The monoisotopic (exact) mass is 246 g/mol. The lowest BCUT2D eigenvalue weighted by molar-refractivity contribution is 0.0668. The number of piperidine rings is 1. The van der Waals surface area contributed by atoms with Crippen molar-refractivity contribution < 1.29 is 4.21 Å². The molecule has 2 unspecified atom stereocenters. The molecule has 1 N–H and O–H groups in total. The third kappa shape index (κ3) is 3.75. The van der Waals surface area contributed by atoms with Gasteiger partial charge in [0.2, 0.25) is 0 Å². The van der Waals surface area contributed by atoms with Crippen LogP contribution in [0.3, 0.4) is 0 Å². The van der Waals surface area contributed by atoms with Gasteiger partial charge in [-0.05, 0) is 38.1 Å². The highest BCUT2D eigenvalue weighted by Gasteiger charge is 2.37. The summed E-state index contributed by atoms with van der Waals surface area (Å²) in [6.45, 7) is 11.1. The Morgan fingerprint density at radius 3 is 2.44 bits per heavy atom. The van der Waals surface area contributed by atoms with Crippen molar-refractivity contribution in [3.8, 4) is 0 Å². The molecule has 0 aromatic rings. The van der Waals surface area contributed by atoms with Crippen LogP contribution in [0.15, 0.2) is 0 Å². The molecule has 0 bridgehead atoms. The highest BCUT2D eigenvalue weighted by Crippen LogP contribution is 2.30. The summed E-state index contributed by atoms with van der Waals surface area (Å²) in [5.41, 5.74) is 0.152. The molecular weight excluding hydrogens is 220 g/mol. The average Bonchev–Trinajstić information content (AvgIpc) is 2.05. The highest BCUT2D eigenvalue weighted by atomic mass is 32.2. The highest BCUT2D eigenvalue weighted by molar-refractivity contribution is 7.97. The number of hydrogen-bond acceptors (Lipinski definition) is 2. The van der Waals surface area contributed by atoms with Crippen molar-refractivity contribution in [2.45, 2.75) is 46.2 Å². The number of likely N-dealkylation sites (tertiary alicyclic amines) is 1. The predicted molar refractivity (Wildman–Crippen MR) is 73.2 cm³/mol. The van der Waals surface area contributed by atoms with Gasteiger partial charge in [0, 0.05) is 34.6 Å². The number of hydrogen-bond donors (Lipinski definition) is 1. The Morgan fingerprint density at radius 1 is 1.50 bits per heavy atom. The molecule has 4 heteroatoms. The summed E-state index contributed by atoms with van der Waals surface area (Å²) in [6, 6.07) is 0.892. The lowest BCUT2D eigenvalue weighted by Gasteiger charge is -2.46. The minimum absolute atomic E-state index is 0.152. The molecule has 0 radical (unpaired) electrons. The zero-order valence-corrected chi connectivity index (χ0v) is 12.1. The average molecular weight is 246 g/mol.